The Bertz CT molecular complexity index is 831. The molecule has 0 spiro atoms. The minimum Gasteiger partial charge on any atom is -0.389 e. The topological polar surface area (TPSA) is 90.4 Å². The van der Waals surface area contributed by atoms with Gasteiger partial charge in [-0.1, -0.05) is 6.07 Å². The van der Waals surface area contributed by atoms with Gasteiger partial charge in [0.25, 0.3) is 5.91 Å². The summed E-state index contributed by atoms with van der Waals surface area (Å²) in [6.45, 7) is 9.28. The second-order valence-electron chi connectivity index (χ2n) is 8.43. The Kier molecular flexibility index (Phi) is 6.64. The van der Waals surface area contributed by atoms with E-state index in [0.717, 1.165) is 0 Å². The molecule has 0 aromatic heterocycles. The van der Waals surface area contributed by atoms with Gasteiger partial charge < -0.3 is 14.7 Å². The molecule has 1 amide bonds. The van der Waals surface area contributed by atoms with Gasteiger partial charge in [0.2, 0.25) is 10.0 Å². The fourth-order valence-corrected chi connectivity index (χ4v) is 5.27. The van der Waals surface area contributed by atoms with E-state index in [2.05, 4.69) is 4.90 Å². The van der Waals surface area contributed by atoms with Crippen LogP contribution in [0.5, 0.6) is 0 Å². The van der Waals surface area contributed by atoms with Gasteiger partial charge in [-0.25, -0.2) is 8.42 Å². The van der Waals surface area contributed by atoms with Crippen molar-refractivity contribution in [1.82, 2.24) is 14.1 Å². The minimum atomic E-state index is -3.64. The van der Waals surface area contributed by atoms with Crippen LogP contribution in [0.4, 0.5) is 0 Å². The van der Waals surface area contributed by atoms with E-state index in [-0.39, 0.29) is 16.8 Å². The zero-order valence-electron chi connectivity index (χ0n) is 17.4. The van der Waals surface area contributed by atoms with Crippen molar-refractivity contribution < 1.29 is 23.1 Å². The lowest BCUT2D eigenvalue weighted by Gasteiger charge is -2.42. The molecule has 0 saturated carbocycles. The summed E-state index contributed by atoms with van der Waals surface area (Å²) < 4.78 is 32.4. The molecule has 0 bridgehead atoms. The first-order chi connectivity index (χ1) is 13.6. The lowest BCUT2D eigenvalue weighted by molar-refractivity contribution is -0.00144. The highest BCUT2D eigenvalue weighted by Crippen LogP contribution is 2.21. The molecule has 2 fully saturated rings. The van der Waals surface area contributed by atoms with Gasteiger partial charge in [0, 0.05) is 50.9 Å². The van der Waals surface area contributed by atoms with Crippen molar-refractivity contribution >= 4 is 15.9 Å². The predicted octanol–water partition coefficient (Wildman–Crippen LogP) is 0.625. The van der Waals surface area contributed by atoms with E-state index in [0.29, 0.717) is 58.0 Å². The molecular weight excluding hydrogens is 394 g/mol. The van der Waals surface area contributed by atoms with Crippen LogP contribution in [0.25, 0.3) is 0 Å². The number of piperazine rings is 1. The largest absolute Gasteiger partial charge is 0.389 e. The predicted molar refractivity (Wildman–Crippen MR) is 109 cm³/mol. The molecule has 0 radical (unpaired) electrons. The Morgan fingerprint density at radius 2 is 1.90 bits per heavy atom. The summed E-state index contributed by atoms with van der Waals surface area (Å²) >= 11 is 0. The van der Waals surface area contributed by atoms with E-state index < -0.39 is 15.6 Å². The number of β-amino-alcohol motifs (C(OH)–C–C–N with tert-alkyl or cyclic N) is 1. The van der Waals surface area contributed by atoms with Crippen molar-refractivity contribution in [3.63, 3.8) is 0 Å². The third-order valence-corrected chi connectivity index (χ3v) is 7.23. The summed E-state index contributed by atoms with van der Waals surface area (Å²) in [6, 6.07) is 6.40. The molecule has 2 heterocycles. The number of carbonyl (C=O) groups is 1. The standard InChI is InChI=1S/C20H31N3O5S/c1-16-14-21(7-8-22(16)15-20(2,3)25)19(24)17-5-4-6-18(13-17)29(26,27)23-9-11-28-12-10-23/h4-6,13,16,25H,7-12,14-15H2,1-3H3/t16-/m1/s1. The molecule has 9 heteroatoms. The summed E-state index contributed by atoms with van der Waals surface area (Å²) in [5.74, 6) is -0.168. The van der Waals surface area contributed by atoms with Gasteiger partial charge in [-0.2, -0.15) is 4.31 Å². The van der Waals surface area contributed by atoms with Crippen LogP contribution >= 0.6 is 0 Å². The minimum absolute atomic E-state index is 0.111. The van der Waals surface area contributed by atoms with Gasteiger partial charge >= 0.3 is 0 Å². The van der Waals surface area contributed by atoms with Crippen LogP contribution in [0.15, 0.2) is 29.2 Å². The number of sulfonamides is 1. The Hall–Kier alpha value is -1.52. The molecule has 29 heavy (non-hydrogen) atoms. The Morgan fingerprint density at radius 1 is 1.21 bits per heavy atom. The first kappa shape index (κ1) is 22.2. The van der Waals surface area contributed by atoms with Gasteiger partial charge in [0.15, 0.2) is 0 Å². The molecule has 0 aliphatic carbocycles. The molecule has 2 saturated heterocycles. The third-order valence-electron chi connectivity index (χ3n) is 5.33. The van der Waals surface area contributed by atoms with Crippen LogP contribution in [-0.4, -0.2) is 97.7 Å². The van der Waals surface area contributed by atoms with E-state index in [9.17, 15) is 18.3 Å². The van der Waals surface area contributed by atoms with Gasteiger partial charge in [0.1, 0.15) is 0 Å². The average Bonchev–Trinajstić information content (AvgIpc) is 2.69. The molecule has 1 atom stereocenters. The van der Waals surface area contributed by atoms with E-state index in [1.165, 1.54) is 16.4 Å². The molecule has 1 aromatic carbocycles. The van der Waals surface area contributed by atoms with Gasteiger partial charge in [-0.05, 0) is 39.0 Å². The third kappa shape index (κ3) is 5.35. The number of benzene rings is 1. The van der Waals surface area contributed by atoms with Crippen LogP contribution in [0.3, 0.4) is 0 Å². The van der Waals surface area contributed by atoms with Gasteiger partial charge in [0.05, 0.1) is 23.7 Å². The lowest BCUT2D eigenvalue weighted by atomic mass is 10.1. The quantitative estimate of drug-likeness (QED) is 0.744. The number of rotatable bonds is 5. The zero-order chi connectivity index (χ0) is 21.2. The van der Waals surface area contributed by atoms with Gasteiger partial charge in [-0.3, -0.25) is 9.69 Å². The summed E-state index contributed by atoms with van der Waals surface area (Å²) in [7, 11) is -3.64. The van der Waals surface area contributed by atoms with Crippen LogP contribution in [0.1, 0.15) is 31.1 Å². The molecule has 2 aliphatic rings. The maximum Gasteiger partial charge on any atom is 0.253 e. The maximum absolute atomic E-state index is 13.0. The number of hydrogen-bond donors (Lipinski definition) is 1. The zero-order valence-corrected chi connectivity index (χ0v) is 18.2. The first-order valence-corrected chi connectivity index (χ1v) is 11.5. The number of ether oxygens (including phenoxy) is 1. The molecule has 8 nitrogen and oxygen atoms in total. The lowest BCUT2D eigenvalue weighted by Crippen LogP contribution is -2.56. The average molecular weight is 426 g/mol. The number of aliphatic hydroxyl groups is 1. The summed E-state index contributed by atoms with van der Waals surface area (Å²) in [5, 5.41) is 10.1. The second kappa shape index (κ2) is 8.69. The molecule has 162 valence electrons. The first-order valence-electron chi connectivity index (χ1n) is 10.0. The van der Waals surface area contributed by atoms with Crippen molar-refractivity contribution in [1.29, 1.82) is 0 Å². The number of nitrogens with zero attached hydrogens (tertiary/aromatic N) is 3. The molecule has 3 rings (SSSR count). The molecule has 0 unspecified atom stereocenters. The van der Waals surface area contributed by atoms with Crippen LogP contribution in [-0.2, 0) is 14.8 Å². The molecule has 2 aliphatic heterocycles. The number of hydrogen-bond acceptors (Lipinski definition) is 6. The van der Waals surface area contributed by atoms with Crippen molar-refractivity contribution in [3.8, 4) is 0 Å². The van der Waals surface area contributed by atoms with Gasteiger partial charge in [-0.15, -0.1) is 0 Å². The second-order valence-corrected chi connectivity index (χ2v) is 10.4. The van der Waals surface area contributed by atoms with Crippen molar-refractivity contribution in [3.05, 3.63) is 29.8 Å². The molecule has 1 aromatic rings. The monoisotopic (exact) mass is 425 g/mol. The Morgan fingerprint density at radius 3 is 2.52 bits per heavy atom. The summed E-state index contributed by atoms with van der Waals surface area (Å²) in [5.41, 5.74) is -0.412. The van der Waals surface area contributed by atoms with Crippen molar-refractivity contribution in [2.24, 2.45) is 0 Å². The highest BCUT2D eigenvalue weighted by molar-refractivity contribution is 7.89. The van der Waals surface area contributed by atoms with E-state index >= 15 is 0 Å². The van der Waals surface area contributed by atoms with Crippen LogP contribution in [0.2, 0.25) is 0 Å². The Labute approximate surface area is 173 Å². The van der Waals surface area contributed by atoms with Crippen molar-refractivity contribution in [2.45, 2.75) is 37.3 Å². The van der Waals surface area contributed by atoms with Crippen LogP contribution < -0.4 is 0 Å². The maximum atomic E-state index is 13.0. The SMILES string of the molecule is C[C@@H]1CN(C(=O)c2cccc(S(=O)(=O)N3CCOCC3)c2)CCN1CC(C)(C)O. The summed E-state index contributed by atoms with van der Waals surface area (Å²) in [6.07, 6.45) is 0. The summed E-state index contributed by atoms with van der Waals surface area (Å²) in [4.78, 5) is 17.1. The highest BCUT2D eigenvalue weighted by atomic mass is 32.2. The number of carbonyl (C=O) groups excluding carboxylic acids is 1. The van der Waals surface area contributed by atoms with E-state index in [1.54, 1.807) is 30.9 Å². The van der Waals surface area contributed by atoms with Crippen LogP contribution in [0, 0.1) is 0 Å². The molecular formula is C20H31N3O5S. The molecule has 1 N–H and O–H groups in total. The fraction of sp³-hybridized carbons (Fsp3) is 0.650. The smallest absolute Gasteiger partial charge is 0.253 e. The Balaban J connectivity index is 1.72. The normalized spacial score (nSPS) is 22.6. The van der Waals surface area contributed by atoms with E-state index in [1.807, 2.05) is 6.92 Å². The van der Waals surface area contributed by atoms with E-state index in [4.69, 9.17) is 4.74 Å². The number of amides is 1. The number of morpholine rings is 1. The highest BCUT2D eigenvalue weighted by Gasteiger charge is 2.31. The fourth-order valence-electron chi connectivity index (χ4n) is 3.82. The van der Waals surface area contributed by atoms with Crippen molar-refractivity contribution in [2.75, 3.05) is 52.5 Å².